The smallest absolute Gasteiger partial charge is 0.265 e. The summed E-state index contributed by atoms with van der Waals surface area (Å²) in [4.78, 5) is 46.4. The fourth-order valence-corrected chi connectivity index (χ4v) is 2.50. The van der Waals surface area contributed by atoms with Crippen LogP contribution in [0.5, 0.6) is 0 Å². The highest BCUT2D eigenvalue weighted by Crippen LogP contribution is 2.30. The average molecular weight is 246 g/mol. The van der Waals surface area contributed by atoms with Crippen LogP contribution in [0.4, 0.5) is 0 Å². The summed E-state index contributed by atoms with van der Waals surface area (Å²) < 4.78 is 0. The van der Waals surface area contributed by atoms with Crippen molar-refractivity contribution in [3.8, 4) is 0 Å². The normalized spacial score (nSPS) is 27.1. The van der Waals surface area contributed by atoms with Crippen LogP contribution in [0.1, 0.15) is 12.8 Å². The number of ketones is 3. The van der Waals surface area contributed by atoms with Crippen molar-refractivity contribution in [3.63, 3.8) is 0 Å². The van der Waals surface area contributed by atoms with Crippen molar-refractivity contribution in [2.75, 3.05) is 6.54 Å². The van der Waals surface area contributed by atoms with Crippen molar-refractivity contribution in [1.82, 2.24) is 10.0 Å². The number of carbonyl (C=O) groups is 4. The summed E-state index contributed by atoms with van der Waals surface area (Å²) >= 11 is 0. The first-order valence-corrected chi connectivity index (χ1v) is 5.62. The molecule has 18 heavy (non-hydrogen) atoms. The van der Waals surface area contributed by atoms with Gasteiger partial charge in [-0.05, 0) is 5.57 Å². The van der Waals surface area contributed by atoms with Crippen LogP contribution in [0.15, 0.2) is 23.9 Å². The van der Waals surface area contributed by atoms with E-state index in [1.54, 1.807) is 0 Å². The molecule has 0 aromatic rings. The van der Waals surface area contributed by atoms with Crippen LogP contribution < -0.4 is 0 Å². The highest BCUT2D eigenvalue weighted by atomic mass is 16.2. The molecule has 1 amide bonds. The Labute approximate surface area is 102 Å². The minimum absolute atomic E-state index is 0.0587. The highest BCUT2D eigenvalue weighted by Gasteiger charge is 2.42. The van der Waals surface area contributed by atoms with Crippen molar-refractivity contribution >= 4 is 23.3 Å². The summed E-state index contributed by atoms with van der Waals surface area (Å²) in [6.07, 6.45) is 4.12. The first-order chi connectivity index (χ1) is 8.56. The second kappa shape index (κ2) is 3.63. The van der Waals surface area contributed by atoms with Crippen LogP contribution in [-0.2, 0) is 19.2 Å². The van der Waals surface area contributed by atoms with Gasteiger partial charge in [0, 0.05) is 24.8 Å². The molecule has 3 aliphatic rings. The summed E-state index contributed by atoms with van der Waals surface area (Å²) in [5.74, 6) is -0.938. The van der Waals surface area contributed by atoms with Gasteiger partial charge in [-0.1, -0.05) is 0 Å². The molecule has 0 spiro atoms. The lowest BCUT2D eigenvalue weighted by Crippen LogP contribution is -2.59. The highest BCUT2D eigenvalue weighted by molar-refractivity contribution is 6.10. The molecule has 3 rings (SSSR count). The van der Waals surface area contributed by atoms with E-state index in [4.69, 9.17) is 0 Å². The van der Waals surface area contributed by atoms with Crippen LogP contribution in [0, 0.1) is 0 Å². The molecule has 92 valence electrons. The van der Waals surface area contributed by atoms with Crippen LogP contribution in [0.25, 0.3) is 0 Å². The lowest BCUT2D eigenvalue weighted by Gasteiger charge is -2.44. The van der Waals surface area contributed by atoms with E-state index in [-0.39, 0.29) is 42.6 Å². The molecule has 6 heteroatoms. The van der Waals surface area contributed by atoms with Crippen LogP contribution in [0.2, 0.25) is 0 Å². The van der Waals surface area contributed by atoms with Gasteiger partial charge in [-0.2, -0.15) is 0 Å². The van der Waals surface area contributed by atoms with Crippen LogP contribution in [0.3, 0.4) is 0 Å². The lowest BCUT2D eigenvalue weighted by atomic mass is 9.86. The van der Waals surface area contributed by atoms with E-state index in [9.17, 15) is 19.2 Å². The Bertz CT molecular complexity index is 546. The molecule has 0 N–H and O–H groups in total. The molecule has 1 unspecified atom stereocenters. The summed E-state index contributed by atoms with van der Waals surface area (Å²) in [5.41, 5.74) is 0.525. The van der Waals surface area contributed by atoms with Gasteiger partial charge < -0.3 is 0 Å². The second-order valence-corrected chi connectivity index (χ2v) is 4.54. The molecule has 1 atom stereocenters. The van der Waals surface area contributed by atoms with E-state index in [0.717, 1.165) is 0 Å². The molecule has 6 nitrogen and oxygen atoms in total. The van der Waals surface area contributed by atoms with Gasteiger partial charge in [-0.15, -0.1) is 0 Å². The quantitative estimate of drug-likeness (QED) is 0.532. The molecule has 0 saturated heterocycles. The van der Waals surface area contributed by atoms with Gasteiger partial charge >= 0.3 is 0 Å². The van der Waals surface area contributed by atoms with E-state index in [1.165, 1.54) is 28.4 Å². The molecule has 0 aromatic heterocycles. The topological polar surface area (TPSA) is 74.8 Å². The first kappa shape index (κ1) is 10.9. The molecule has 1 fully saturated rings. The van der Waals surface area contributed by atoms with Crippen molar-refractivity contribution in [2.45, 2.75) is 18.9 Å². The van der Waals surface area contributed by atoms with E-state index < -0.39 is 6.04 Å². The lowest BCUT2D eigenvalue weighted by molar-refractivity contribution is -0.153. The number of fused-ring (bicyclic) bond motifs is 3. The minimum Gasteiger partial charge on any atom is -0.299 e. The molecular weight excluding hydrogens is 236 g/mol. The molecule has 0 radical (unpaired) electrons. The Balaban J connectivity index is 2.05. The first-order valence-electron chi connectivity index (χ1n) is 5.62. The largest absolute Gasteiger partial charge is 0.299 e. The van der Waals surface area contributed by atoms with Crippen molar-refractivity contribution in [2.24, 2.45) is 0 Å². The van der Waals surface area contributed by atoms with Gasteiger partial charge in [-0.3, -0.25) is 24.2 Å². The van der Waals surface area contributed by atoms with E-state index in [2.05, 4.69) is 0 Å². The fraction of sp³-hybridized carbons (Fsp3) is 0.333. The Morgan fingerprint density at radius 2 is 1.89 bits per heavy atom. The number of nitrogens with zero attached hydrogens (tertiary/aromatic N) is 2. The standard InChI is InChI=1S/C12H10N2O4/c15-8-1-2-13-12-7(3-9(16)5-10(12)17)4-11(18)14(13)6-8/h1-2,4,12H,3,5-6H2. The molecule has 2 heterocycles. The van der Waals surface area contributed by atoms with Crippen molar-refractivity contribution in [3.05, 3.63) is 23.9 Å². The Kier molecular flexibility index (Phi) is 2.19. The van der Waals surface area contributed by atoms with E-state index >= 15 is 0 Å². The molecule has 1 aliphatic carbocycles. The average Bonchev–Trinajstić information content (AvgIpc) is 2.29. The van der Waals surface area contributed by atoms with Gasteiger partial charge in [0.1, 0.15) is 18.4 Å². The van der Waals surface area contributed by atoms with Crippen molar-refractivity contribution in [1.29, 1.82) is 0 Å². The zero-order valence-corrected chi connectivity index (χ0v) is 9.46. The zero-order chi connectivity index (χ0) is 12.9. The summed E-state index contributed by atoms with van der Waals surface area (Å²) in [7, 11) is 0. The molecule has 0 aromatic carbocycles. The monoisotopic (exact) mass is 246 g/mol. The molecule has 2 aliphatic heterocycles. The third kappa shape index (κ3) is 1.49. The molecular formula is C12H10N2O4. The predicted octanol–water partition coefficient (Wildman–Crippen LogP) is -0.631. The van der Waals surface area contributed by atoms with E-state index in [0.29, 0.717) is 5.57 Å². The minimum atomic E-state index is -0.607. The van der Waals surface area contributed by atoms with Crippen molar-refractivity contribution < 1.29 is 19.2 Å². The fourth-order valence-electron chi connectivity index (χ4n) is 2.50. The van der Waals surface area contributed by atoms with Crippen LogP contribution in [-0.4, -0.2) is 45.9 Å². The predicted molar refractivity (Wildman–Crippen MR) is 58.8 cm³/mol. The van der Waals surface area contributed by atoms with Gasteiger partial charge in [0.05, 0.1) is 6.42 Å². The van der Waals surface area contributed by atoms with Crippen LogP contribution >= 0.6 is 0 Å². The Hall–Kier alpha value is -2.24. The number of hydrogen-bond donors (Lipinski definition) is 0. The molecule has 0 bridgehead atoms. The molecule has 1 saturated carbocycles. The zero-order valence-electron chi connectivity index (χ0n) is 9.46. The third-order valence-corrected chi connectivity index (χ3v) is 3.25. The van der Waals surface area contributed by atoms with Gasteiger partial charge in [0.15, 0.2) is 11.6 Å². The maximum absolute atomic E-state index is 11.9. The van der Waals surface area contributed by atoms with Gasteiger partial charge in [0.25, 0.3) is 5.91 Å². The number of hydrazine groups is 1. The SMILES string of the molecule is O=C1C=CN2C3C(=O)CC(=O)CC3=CC(=O)N2C1. The maximum atomic E-state index is 11.9. The number of Topliss-reactive ketones (excluding diaryl/α,β-unsaturated/α-hetero) is 2. The summed E-state index contributed by atoms with van der Waals surface area (Å²) in [6.45, 7) is -0.0587. The number of rotatable bonds is 0. The Morgan fingerprint density at radius 1 is 1.11 bits per heavy atom. The Morgan fingerprint density at radius 3 is 2.67 bits per heavy atom. The summed E-state index contributed by atoms with van der Waals surface area (Å²) in [5, 5.41) is 2.71. The summed E-state index contributed by atoms with van der Waals surface area (Å²) in [6, 6.07) is -0.607. The van der Waals surface area contributed by atoms with E-state index in [1.807, 2.05) is 0 Å². The number of hydrogen-bond acceptors (Lipinski definition) is 5. The second-order valence-electron chi connectivity index (χ2n) is 4.54. The number of carbonyl (C=O) groups excluding carboxylic acids is 4. The third-order valence-electron chi connectivity index (χ3n) is 3.25. The van der Waals surface area contributed by atoms with Gasteiger partial charge in [-0.25, -0.2) is 5.01 Å². The van der Waals surface area contributed by atoms with Gasteiger partial charge in [0.2, 0.25) is 0 Å². The number of amides is 1. The maximum Gasteiger partial charge on any atom is 0.265 e.